The standard InChI is InChI=1S/C22H31N3O2.ClH/c1-16-2-4-18(5-3-16)15-25-20(8-9-21(25)26)22(27)24-12-10-19(11-13-24)23-14-17-6-7-17;/h2-5,17,19-20,23H,6-15H2,1H3;1H. The molecule has 2 amide bonds. The first-order valence-electron chi connectivity index (χ1n) is 10.5. The number of nitrogens with zero attached hydrogens (tertiary/aromatic N) is 2. The SMILES string of the molecule is Cc1ccc(CN2C(=O)CCC2C(=O)N2CCC(NCC3CC3)CC2)cc1.Cl. The number of hydrogen-bond donors (Lipinski definition) is 1. The number of likely N-dealkylation sites (tertiary alicyclic amines) is 2. The Labute approximate surface area is 174 Å². The summed E-state index contributed by atoms with van der Waals surface area (Å²) in [7, 11) is 0. The third-order valence-electron chi connectivity index (χ3n) is 6.29. The van der Waals surface area contributed by atoms with E-state index in [0.29, 0.717) is 25.4 Å². The Bertz CT molecular complexity index is 682. The van der Waals surface area contributed by atoms with Crippen LogP contribution in [0.15, 0.2) is 24.3 Å². The first-order chi connectivity index (χ1) is 13.1. The summed E-state index contributed by atoms with van der Waals surface area (Å²) in [5.74, 6) is 1.15. The molecule has 1 N–H and O–H groups in total. The molecule has 3 fully saturated rings. The van der Waals surface area contributed by atoms with Crippen LogP contribution in [0.5, 0.6) is 0 Å². The Balaban J connectivity index is 0.00000225. The lowest BCUT2D eigenvalue weighted by Crippen LogP contribution is -2.51. The summed E-state index contributed by atoms with van der Waals surface area (Å²) < 4.78 is 0. The van der Waals surface area contributed by atoms with Crippen molar-refractivity contribution < 1.29 is 9.59 Å². The van der Waals surface area contributed by atoms with Gasteiger partial charge in [-0.15, -0.1) is 12.4 Å². The van der Waals surface area contributed by atoms with Gasteiger partial charge in [-0.1, -0.05) is 29.8 Å². The summed E-state index contributed by atoms with van der Waals surface area (Å²) in [5.41, 5.74) is 2.30. The first-order valence-corrected chi connectivity index (χ1v) is 10.5. The van der Waals surface area contributed by atoms with E-state index < -0.39 is 0 Å². The van der Waals surface area contributed by atoms with Crippen LogP contribution in [-0.2, 0) is 16.1 Å². The Morgan fingerprint density at radius 2 is 1.75 bits per heavy atom. The third kappa shape index (κ3) is 5.06. The molecule has 1 aromatic carbocycles. The van der Waals surface area contributed by atoms with Crippen molar-refractivity contribution in [3.63, 3.8) is 0 Å². The average Bonchev–Trinajstić information content (AvgIpc) is 3.45. The van der Waals surface area contributed by atoms with E-state index in [0.717, 1.165) is 44.0 Å². The lowest BCUT2D eigenvalue weighted by Gasteiger charge is -2.36. The molecule has 0 aromatic heterocycles. The van der Waals surface area contributed by atoms with Crippen LogP contribution in [0.1, 0.15) is 49.7 Å². The van der Waals surface area contributed by atoms with Crippen LogP contribution in [0.4, 0.5) is 0 Å². The van der Waals surface area contributed by atoms with E-state index in [1.807, 2.05) is 4.90 Å². The van der Waals surface area contributed by atoms with Gasteiger partial charge in [-0.05, 0) is 57.1 Å². The van der Waals surface area contributed by atoms with Crippen LogP contribution in [0.25, 0.3) is 0 Å². The zero-order valence-electron chi connectivity index (χ0n) is 16.7. The number of nitrogens with one attached hydrogen (secondary N) is 1. The van der Waals surface area contributed by atoms with Crippen molar-refractivity contribution in [2.24, 2.45) is 5.92 Å². The molecular formula is C22H32ClN3O2. The van der Waals surface area contributed by atoms with Gasteiger partial charge in [-0.3, -0.25) is 9.59 Å². The van der Waals surface area contributed by atoms with Crippen molar-refractivity contribution >= 4 is 24.2 Å². The zero-order valence-corrected chi connectivity index (χ0v) is 17.5. The second-order valence-electron chi connectivity index (χ2n) is 8.51. The molecule has 5 nitrogen and oxygen atoms in total. The molecule has 6 heteroatoms. The van der Waals surface area contributed by atoms with Gasteiger partial charge in [0, 0.05) is 32.1 Å². The molecule has 0 bridgehead atoms. The Hall–Kier alpha value is -1.59. The molecular weight excluding hydrogens is 374 g/mol. The largest absolute Gasteiger partial charge is 0.341 e. The highest BCUT2D eigenvalue weighted by molar-refractivity contribution is 5.91. The predicted molar refractivity (Wildman–Crippen MR) is 112 cm³/mol. The minimum absolute atomic E-state index is 0. The van der Waals surface area contributed by atoms with E-state index in [9.17, 15) is 9.59 Å². The highest BCUT2D eigenvalue weighted by Gasteiger charge is 2.39. The van der Waals surface area contributed by atoms with E-state index in [4.69, 9.17) is 0 Å². The molecule has 0 radical (unpaired) electrons. The zero-order chi connectivity index (χ0) is 18.8. The summed E-state index contributed by atoms with van der Waals surface area (Å²) in [6, 6.07) is 8.50. The molecule has 28 heavy (non-hydrogen) atoms. The van der Waals surface area contributed by atoms with Gasteiger partial charge in [0.2, 0.25) is 11.8 Å². The number of rotatable bonds is 6. The number of hydrogen-bond acceptors (Lipinski definition) is 3. The van der Waals surface area contributed by atoms with Crippen LogP contribution in [-0.4, -0.2) is 53.3 Å². The topological polar surface area (TPSA) is 52.7 Å². The number of piperidine rings is 1. The van der Waals surface area contributed by atoms with Crippen molar-refractivity contribution in [2.45, 2.75) is 64.1 Å². The first kappa shape index (κ1) is 21.1. The molecule has 3 aliphatic rings. The Kier molecular flexibility index (Phi) is 7.00. The molecule has 1 aliphatic carbocycles. The summed E-state index contributed by atoms with van der Waals surface area (Å²) in [5, 5.41) is 3.66. The summed E-state index contributed by atoms with van der Waals surface area (Å²) in [4.78, 5) is 29.3. The summed E-state index contributed by atoms with van der Waals surface area (Å²) in [6.07, 6.45) is 5.94. The minimum Gasteiger partial charge on any atom is -0.341 e. The van der Waals surface area contributed by atoms with E-state index >= 15 is 0 Å². The van der Waals surface area contributed by atoms with Crippen LogP contribution in [0.2, 0.25) is 0 Å². The number of carbonyl (C=O) groups excluding carboxylic acids is 2. The van der Waals surface area contributed by atoms with Gasteiger partial charge in [0.25, 0.3) is 0 Å². The molecule has 2 heterocycles. The molecule has 1 unspecified atom stereocenters. The van der Waals surface area contributed by atoms with E-state index in [2.05, 4.69) is 36.5 Å². The molecule has 154 valence electrons. The smallest absolute Gasteiger partial charge is 0.245 e. The minimum atomic E-state index is -0.283. The van der Waals surface area contributed by atoms with E-state index in [-0.39, 0.29) is 30.3 Å². The van der Waals surface area contributed by atoms with Crippen molar-refractivity contribution in [1.29, 1.82) is 0 Å². The summed E-state index contributed by atoms with van der Waals surface area (Å²) >= 11 is 0. The molecule has 2 aliphatic heterocycles. The summed E-state index contributed by atoms with van der Waals surface area (Å²) in [6.45, 7) is 5.35. The molecule has 0 spiro atoms. The van der Waals surface area contributed by atoms with Crippen molar-refractivity contribution in [1.82, 2.24) is 15.1 Å². The maximum atomic E-state index is 13.1. The van der Waals surface area contributed by atoms with Gasteiger partial charge in [-0.2, -0.15) is 0 Å². The second-order valence-corrected chi connectivity index (χ2v) is 8.51. The molecule has 1 atom stereocenters. The Morgan fingerprint density at radius 1 is 1.07 bits per heavy atom. The number of carbonyl (C=O) groups is 2. The lowest BCUT2D eigenvalue weighted by atomic mass is 10.0. The highest BCUT2D eigenvalue weighted by atomic mass is 35.5. The quantitative estimate of drug-likeness (QED) is 0.791. The van der Waals surface area contributed by atoms with Gasteiger partial charge in [-0.25, -0.2) is 0 Å². The molecule has 1 aromatic rings. The van der Waals surface area contributed by atoms with Crippen LogP contribution in [0.3, 0.4) is 0 Å². The number of amides is 2. The van der Waals surface area contributed by atoms with E-state index in [1.54, 1.807) is 4.90 Å². The molecule has 1 saturated carbocycles. The number of halogens is 1. The maximum Gasteiger partial charge on any atom is 0.245 e. The van der Waals surface area contributed by atoms with Crippen LogP contribution < -0.4 is 5.32 Å². The number of aryl methyl sites for hydroxylation is 1. The fourth-order valence-electron chi connectivity index (χ4n) is 4.25. The number of benzene rings is 1. The maximum absolute atomic E-state index is 13.1. The molecule has 4 rings (SSSR count). The third-order valence-corrected chi connectivity index (χ3v) is 6.29. The van der Waals surface area contributed by atoms with Gasteiger partial charge < -0.3 is 15.1 Å². The van der Waals surface area contributed by atoms with Gasteiger partial charge in [0.05, 0.1) is 0 Å². The van der Waals surface area contributed by atoms with Gasteiger partial charge >= 0.3 is 0 Å². The fraction of sp³-hybridized carbons (Fsp3) is 0.636. The fourth-order valence-corrected chi connectivity index (χ4v) is 4.25. The highest BCUT2D eigenvalue weighted by Crippen LogP contribution is 2.28. The normalized spacial score (nSPS) is 23.0. The van der Waals surface area contributed by atoms with Crippen molar-refractivity contribution in [2.75, 3.05) is 19.6 Å². The van der Waals surface area contributed by atoms with Crippen LogP contribution >= 0.6 is 12.4 Å². The monoisotopic (exact) mass is 405 g/mol. The van der Waals surface area contributed by atoms with Crippen molar-refractivity contribution in [3.8, 4) is 0 Å². The van der Waals surface area contributed by atoms with Gasteiger partial charge in [0.15, 0.2) is 0 Å². The van der Waals surface area contributed by atoms with Gasteiger partial charge in [0.1, 0.15) is 6.04 Å². The predicted octanol–water partition coefficient (Wildman–Crippen LogP) is 2.90. The van der Waals surface area contributed by atoms with E-state index in [1.165, 1.54) is 18.4 Å². The average molecular weight is 406 g/mol. The lowest BCUT2D eigenvalue weighted by molar-refractivity contribution is -0.142. The Morgan fingerprint density at radius 3 is 2.39 bits per heavy atom. The van der Waals surface area contributed by atoms with Crippen molar-refractivity contribution in [3.05, 3.63) is 35.4 Å². The molecule has 2 saturated heterocycles. The second kappa shape index (κ2) is 9.27. The van der Waals surface area contributed by atoms with Crippen LogP contribution in [0, 0.1) is 12.8 Å².